The molecule has 2 heterocycles. The van der Waals surface area contributed by atoms with E-state index in [1.807, 2.05) is 25.0 Å². The second-order valence-electron chi connectivity index (χ2n) is 9.26. The average Bonchev–Trinajstić information content (AvgIpc) is 3.18. The van der Waals surface area contributed by atoms with Gasteiger partial charge in [0, 0.05) is 41.2 Å². The topological polar surface area (TPSA) is 42.7 Å². The first kappa shape index (κ1) is 22.2. The molecule has 1 aliphatic heterocycles. The lowest BCUT2D eigenvalue weighted by atomic mass is 9.94. The van der Waals surface area contributed by atoms with Gasteiger partial charge in [-0.15, -0.1) is 0 Å². The molecule has 1 aromatic heterocycles. The Balaban J connectivity index is 1.79. The van der Waals surface area contributed by atoms with E-state index in [1.54, 1.807) is 13.2 Å². The number of furan rings is 1. The third-order valence-corrected chi connectivity index (χ3v) is 6.78. The number of hydrogen-bond acceptors (Lipinski definition) is 3. The van der Waals surface area contributed by atoms with Crippen LogP contribution in [0.15, 0.2) is 41.0 Å². The Morgan fingerprint density at radius 3 is 2.50 bits per heavy atom. The zero-order valence-corrected chi connectivity index (χ0v) is 20.0. The molecule has 0 N–H and O–H groups in total. The molecule has 1 saturated heterocycles. The van der Waals surface area contributed by atoms with E-state index in [-0.39, 0.29) is 5.91 Å². The molecule has 0 bridgehead atoms. The van der Waals surface area contributed by atoms with Crippen LogP contribution in [-0.4, -0.2) is 31.0 Å². The third-order valence-electron chi connectivity index (χ3n) is 6.78. The molecule has 4 nitrogen and oxygen atoms in total. The number of hydrogen-bond donors (Lipinski definition) is 0. The highest BCUT2D eigenvalue weighted by atomic mass is 16.5. The van der Waals surface area contributed by atoms with E-state index in [2.05, 4.69) is 45.0 Å². The summed E-state index contributed by atoms with van der Waals surface area (Å²) in [7, 11) is 1.67. The largest absolute Gasteiger partial charge is 0.496 e. The predicted molar refractivity (Wildman–Crippen MR) is 131 cm³/mol. The molecule has 3 aromatic rings. The number of methoxy groups -OCH3 is 1. The zero-order valence-electron chi connectivity index (χ0n) is 20.0. The molecule has 168 valence electrons. The van der Waals surface area contributed by atoms with Gasteiger partial charge in [-0.25, -0.2) is 0 Å². The Morgan fingerprint density at radius 2 is 1.84 bits per heavy atom. The summed E-state index contributed by atoms with van der Waals surface area (Å²) in [6.45, 7) is 12.2. The number of piperidine rings is 1. The molecule has 1 amide bonds. The molecule has 1 aliphatic rings. The maximum atomic E-state index is 12.9. The monoisotopic (exact) mass is 431 g/mol. The Bertz CT molecular complexity index is 1190. The number of rotatable bonds is 4. The fourth-order valence-electron chi connectivity index (χ4n) is 4.78. The molecule has 0 unspecified atom stereocenters. The van der Waals surface area contributed by atoms with Gasteiger partial charge in [0.1, 0.15) is 11.3 Å². The minimum absolute atomic E-state index is 0.0796. The molecular formula is C28H33NO3. The Labute approximate surface area is 190 Å². The normalized spacial score (nSPS) is 15.4. The van der Waals surface area contributed by atoms with Crippen molar-refractivity contribution in [1.29, 1.82) is 0 Å². The SMILES string of the molecule is COc1c(/C(C)=C/C(=O)N2CCC(C)CC2)cc2c(-c3ccc(C)cc3C)coc2c1C. The number of ether oxygens (including phenoxy) is 1. The number of amides is 1. The third kappa shape index (κ3) is 4.06. The van der Waals surface area contributed by atoms with E-state index in [9.17, 15) is 4.79 Å². The lowest BCUT2D eigenvalue weighted by Gasteiger charge is -2.29. The molecule has 1 fully saturated rings. The highest BCUT2D eigenvalue weighted by Gasteiger charge is 2.22. The molecule has 0 spiro atoms. The smallest absolute Gasteiger partial charge is 0.246 e. The molecule has 0 aliphatic carbocycles. The first-order chi connectivity index (χ1) is 15.3. The summed E-state index contributed by atoms with van der Waals surface area (Å²) in [4.78, 5) is 14.9. The second kappa shape index (κ2) is 8.85. The van der Waals surface area contributed by atoms with Crippen LogP contribution in [0.1, 0.15) is 48.9 Å². The zero-order chi connectivity index (χ0) is 23.0. The van der Waals surface area contributed by atoms with Gasteiger partial charge in [0.25, 0.3) is 0 Å². The van der Waals surface area contributed by atoms with Crippen molar-refractivity contribution >= 4 is 22.4 Å². The maximum Gasteiger partial charge on any atom is 0.246 e. The van der Waals surface area contributed by atoms with E-state index in [0.717, 1.165) is 70.5 Å². The maximum absolute atomic E-state index is 12.9. The number of fused-ring (bicyclic) bond motifs is 1. The Hall–Kier alpha value is -3.01. The van der Waals surface area contributed by atoms with Crippen molar-refractivity contribution in [3.63, 3.8) is 0 Å². The lowest BCUT2D eigenvalue weighted by molar-refractivity contribution is -0.127. The fraction of sp³-hybridized carbons (Fsp3) is 0.393. The van der Waals surface area contributed by atoms with Crippen LogP contribution in [0.3, 0.4) is 0 Å². The molecule has 0 radical (unpaired) electrons. The van der Waals surface area contributed by atoms with Crippen LogP contribution in [0.5, 0.6) is 5.75 Å². The number of benzene rings is 2. The Kier molecular flexibility index (Phi) is 6.14. The van der Waals surface area contributed by atoms with Gasteiger partial charge in [0.2, 0.25) is 5.91 Å². The van der Waals surface area contributed by atoms with Gasteiger partial charge in [-0.05, 0) is 69.2 Å². The van der Waals surface area contributed by atoms with E-state index in [1.165, 1.54) is 11.1 Å². The minimum atomic E-state index is 0.0796. The highest BCUT2D eigenvalue weighted by molar-refractivity contribution is 6.02. The van der Waals surface area contributed by atoms with Crippen molar-refractivity contribution in [3.8, 4) is 16.9 Å². The van der Waals surface area contributed by atoms with Crippen LogP contribution >= 0.6 is 0 Å². The van der Waals surface area contributed by atoms with Gasteiger partial charge in [-0.3, -0.25) is 4.79 Å². The molecule has 0 atom stereocenters. The number of allylic oxidation sites excluding steroid dienone is 1. The van der Waals surface area contributed by atoms with Crippen molar-refractivity contribution < 1.29 is 13.9 Å². The lowest BCUT2D eigenvalue weighted by Crippen LogP contribution is -2.36. The highest BCUT2D eigenvalue weighted by Crippen LogP contribution is 2.41. The van der Waals surface area contributed by atoms with Crippen LogP contribution in [0.2, 0.25) is 0 Å². The summed E-state index contributed by atoms with van der Waals surface area (Å²) in [6.07, 6.45) is 5.73. The van der Waals surface area contributed by atoms with Gasteiger partial charge >= 0.3 is 0 Å². The number of carbonyl (C=O) groups excluding carboxylic acids is 1. The molecule has 2 aromatic carbocycles. The van der Waals surface area contributed by atoms with E-state index < -0.39 is 0 Å². The first-order valence-electron chi connectivity index (χ1n) is 11.4. The summed E-state index contributed by atoms with van der Waals surface area (Å²) < 4.78 is 11.8. The summed E-state index contributed by atoms with van der Waals surface area (Å²) in [6, 6.07) is 8.57. The van der Waals surface area contributed by atoms with Crippen molar-refractivity contribution in [2.24, 2.45) is 5.92 Å². The van der Waals surface area contributed by atoms with Crippen LogP contribution in [0.4, 0.5) is 0 Å². The summed E-state index contributed by atoms with van der Waals surface area (Å²) in [5.41, 5.74) is 8.28. The van der Waals surface area contributed by atoms with E-state index >= 15 is 0 Å². The number of likely N-dealkylation sites (tertiary alicyclic amines) is 1. The van der Waals surface area contributed by atoms with E-state index in [0.29, 0.717) is 5.92 Å². The molecule has 4 rings (SSSR count). The van der Waals surface area contributed by atoms with Crippen LogP contribution < -0.4 is 4.74 Å². The van der Waals surface area contributed by atoms with Crippen LogP contribution in [0.25, 0.3) is 27.7 Å². The molecular weight excluding hydrogens is 398 g/mol. The van der Waals surface area contributed by atoms with E-state index in [4.69, 9.17) is 9.15 Å². The summed E-state index contributed by atoms with van der Waals surface area (Å²) >= 11 is 0. The van der Waals surface area contributed by atoms with Crippen molar-refractivity contribution in [3.05, 3.63) is 58.9 Å². The number of carbonyl (C=O) groups is 1. The van der Waals surface area contributed by atoms with Gasteiger partial charge in [-0.1, -0.05) is 30.7 Å². The fourth-order valence-corrected chi connectivity index (χ4v) is 4.78. The summed E-state index contributed by atoms with van der Waals surface area (Å²) in [5.74, 6) is 1.53. The molecule has 0 saturated carbocycles. The van der Waals surface area contributed by atoms with Gasteiger partial charge in [-0.2, -0.15) is 0 Å². The average molecular weight is 432 g/mol. The number of aryl methyl sites for hydroxylation is 3. The predicted octanol–water partition coefficient (Wildman–Crippen LogP) is 6.70. The van der Waals surface area contributed by atoms with Gasteiger partial charge in [0.05, 0.1) is 13.4 Å². The van der Waals surface area contributed by atoms with Crippen molar-refractivity contribution in [2.75, 3.05) is 20.2 Å². The van der Waals surface area contributed by atoms with Crippen molar-refractivity contribution in [1.82, 2.24) is 4.90 Å². The standard InChI is InChI=1S/C28H33NO3/c1-17-9-11-29(12-10-17)26(30)14-20(4)23-15-24-25(22-8-7-18(2)13-19(22)3)16-32-28(24)21(5)27(23)31-6/h7-8,13-17H,9-12H2,1-6H3/b20-14+. The molecule has 32 heavy (non-hydrogen) atoms. The van der Waals surface area contributed by atoms with Crippen molar-refractivity contribution in [2.45, 2.75) is 47.5 Å². The molecule has 4 heteroatoms. The minimum Gasteiger partial charge on any atom is -0.496 e. The first-order valence-corrected chi connectivity index (χ1v) is 11.4. The number of nitrogens with zero attached hydrogens (tertiary/aromatic N) is 1. The van der Waals surface area contributed by atoms with Gasteiger partial charge < -0.3 is 14.1 Å². The Morgan fingerprint density at radius 1 is 1.12 bits per heavy atom. The quantitative estimate of drug-likeness (QED) is 0.432. The van der Waals surface area contributed by atoms with Crippen LogP contribution in [-0.2, 0) is 4.79 Å². The van der Waals surface area contributed by atoms with Gasteiger partial charge in [0.15, 0.2) is 0 Å². The second-order valence-corrected chi connectivity index (χ2v) is 9.26. The van der Waals surface area contributed by atoms with Crippen LogP contribution in [0, 0.1) is 26.7 Å². The summed E-state index contributed by atoms with van der Waals surface area (Å²) in [5, 5.41) is 1.04.